The fourth-order valence-electron chi connectivity index (χ4n) is 1.67. The van der Waals surface area contributed by atoms with E-state index in [1.807, 2.05) is 13.2 Å². The van der Waals surface area contributed by atoms with Crippen LogP contribution in [0.25, 0.3) is 0 Å². The number of amides is 1. The van der Waals surface area contributed by atoms with Gasteiger partial charge in [0.05, 0.1) is 13.2 Å². The Bertz CT molecular complexity index is 419. The zero-order valence-electron chi connectivity index (χ0n) is 9.97. The Hall–Kier alpha value is -1.14. The first-order valence-corrected chi connectivity index (χ1v) is 6.70. The molecule has 0 atom stereocenters. The van der Waals surface area contributed by atoms with Crippen molar-refractivity contribution >= 4 is 17.7 Å². The van der Waals surface area contributed by atoms with E-state index in [4.69, 9.17) is 4.74 Å². The van der Waals surface area contributed by atoms with E-state index < -0.39 is 0 Å². The van der Waals surface area contributed by atoms with Crippen molar-refractivity contribution in [3.8, 4) is 0 Å². The van der Waals surface area contributed by atoms with Crippen LogP contribution in [0.2, 0.25) is 0 Å². The van der Waals surface area contributed by atoms with Crippen molar-refractivity contribution in [2.45, 2.75) is 12.1 Å². The summed E-state index contributed by atoms with van der Waals surface area (Å²) in [6, 6.07) is 1.73. The molecule has 0 radical (unpaired) electrons. The van der Waals surface area contributed by atoms with Crippen molar-refractivity contribution in [1.29, 1.82) is 0 Å². The standard InChI is InChI=1S/C11H15N3O2S/c1-8-7-9(13-11(12-8)17-2)10(15)14-3-5-16-6-4-14/h7H,3-6H2,1-2H3. The summed E-state index contributed by atoms with van der Waals surface area (Å²) in [5.74, 6) is -0.0332. The predicted octanol–water partition coefficient (Wildman–Crippen LogP) is 0.979. The molecule has 5 nitrogen and oxygen atoms in total. The zero-order chi connectivity index (χ0) is 12.3. The normalized spacial score (nSPS) is 16.0. The van der Waals surface area contributed by atoms with Crippen LogP contribution in [0, 0.1) is 6.92 Å². The molecule has 2 heterocycles. The highest BCUT2D eigenvalue weighted by molar-refractivity contribution is 7.98. The number of aromatic nitrogens is 2. The minimum absolute atomic E-state index is 0.0332. The minimum atomic E-state index is -0.0332. The number of morpholine rings is 1. The second kappa shape index (κ2) is 5.46. The molecule has 6 heteroatoms. The van der Waals surface area contributed by atoms with Crippen LogP contribution in [0.3, 0.4) is 0 Å². The lowest BCUT2D eigenvalue weighted by molar-refractivity contribution is 0.0298. The van der Waals surface area contributed by atoms with Crippen LogP contribution in [0.5, 0.6) is 0 Å². The summed E-state index contributed by atoms with van der Waals surface area (Å²) >= 11 is 1.44. The second-order valence-electron chi connectivity index (χ2n) is 3.79. The molecule has 1 amide bonds. The van der Waals surface area contributed by atoms with Gasteiger partial charge in [-0.1, -0.05) is 11.8 Å². The number of rotatable bonds is 2. The number of carbonyl (C=O) groups is 1. The highest BCUT2D eigenvalue weighted by Crippen LogP contribution is 2.12. The largest absolute Gasteiger partial charge is 0.378 e. The number of hydrogen-bond acceptors (Lipinski definition) is 5. The maximum atomic E-state index is 12.2. The molecular weight excluding hydrogens is 238 g/mol. The van der Waals surface area contributed by atoms with Gasteiger partial charge in [0.1, 0.15) is 5.69 Å². The van der Waals surface area contributed by atoms with E-state index >= 15 is 0 Å². The van der Waals surface area contributed by atoms with Gasteiger partial charge >= 0.3 is 0 Å². The zero-order valence-corrected chi connectivity index (χ0v) is 10.8. The Morgan fingerprint density at radius 2 is 2.12 bits per heavy atom. The van der Waals surface area contributed by atoms with Crippen molar-refractivity contribution < 1.29 is 9.53 Å². The number of thioether (sulfide) groups is 1. The highest BCUT2D eigenvalue weighted by atomic mass is 32.2. The molecule has 1 aliphatic rings. The van der Waals surface area contributed by atoms with Crippen LogP contribution < -0.4 is 0 Å². The lowest BCUT2D eigenvalue weighted by Gasteiger charge is -2.26. The van der Waals surface area contributed by atoms with Crippen LogP contribution in [0.1, 0.15) is 16.2 Å². The smallest absolute Gasteiger partial charge is 0.272 e. The molecular formula is C11H15N3O2S. The maximum absolute atomic E-state index is 12.2. The van der Waals surface area contributed by atoms with E-state index in [0.717, 1.165) is 5.69 Å². The van der Waals surface area contributed by atoms with E-state index in [1.54, 1.807) is 11.0 Å². The van der Waals surface area contributed by atoms with Crippen molar-refractivity contribution in [2.24, 2.45) is 0 Å². The summed E-state index contributed by atoms with van der Waals surface area (Å²) in [5.41, 5.74) is 1.30. The summed E-state index contributed by atoms with van der Waals surface area (Å²) in [6.45, 7) is 4.35. The Morgan fingerprint density at radius 1 is 1.41 bits per heavy atom. The molecule has 1 aromatic rings. The van der Waals surface area contributed by atoms with Gasteiger partial charge < -0.3 is 9.64 Å². The fraction of sp³-hybridized carbons (Fsp3) is 0.545. The van der Waals surface area contributed by atoms with Gasteiger partial charge in [0, 0.05) is 18.8 Å². The molecule has 0 N–H and O–H groups in total. The van der Waals surface area contributed by atoms with Crippen LogP contribution in [0.15, 0.2) is 11.2 Å². The first kappa shape index (κ1) is 12.3. The molecule has 0 saturated carbocycles. The van der Waals surface area contributed by atoms with E-state index in [-0.39, 0.29) is 5.91 Å². The van der Waals surface area contributed by atoms with Gasteiger partial charge in [0.2, 0.25) is 0 Å². The van der Waals surface area contributed by atoms with Crippen molar-refractivity contribution in [2.75, 3.05) is 32.6 Å². The summed E-state index contributed by atoms with van der Waals surface area (Å²) in [4.78, 5) is 22.4. The van der Waals surface area contributed by atoms with Crippen molar-refractivity contribution in [1.82, 2.24) is 14.9 Å². The third-order valence-electron chi connectivity index (χ3n) is 2.53. The maximum Gasteiger partial charge on any atom is 0.272 e. The van der Waals surface area contributed by atoms with E-state index in [2.05, 4.69) is 9.97 Å². The molecule has 0 aromatic carbocycles. The molecule has 1 saturated heterocycles. The molecule has 1 aromatic heterocycles. The average molecular weight is 253 g/mol. The summed E-state index contributed by atoms with van der Waals surface area (Å²) < 4.78 is 5.22. The second-order valence-corrected chi connectivity index (χ2v) is 4.56. The van der Waals surface area contributed by atoms with Gasteiger partial charge in [0.25, 0.3) is 5.91 Å². The SMILES string of the molecule is CSc1nc(C)cc(C(=O)N2CCOCC2)n1. The summed E-state index contributed by atoms with van der Waals surface area (Å²) in [6.07, 6.45) is 1.90. The quantitative estimate of drug-likeness (QED) is 0.581. The average Bonchev–Trinajstić information content (AvgIpc) is 2.38. The van der Waals surface area contributed by atoms with Gasteiger partial charge in [-0.15, -0.1) is 0 Å². The number of nitrogens with zero attached hydrogens (tertiary/aromatic N) is 3. The third kappa shape index (κ3) is 2.95. The Morgan fingerprint density at radius 3 is 2.76 bits per heavy atom. The van der Waals surface area contributed by atoms with Gasteiger partial charge in [-0.05, 0) is 19.2 Å². The van der Waals surface area contributed by atoms with E-state index in [0.29, 0.717) is 37.2 Å². The molecule has 1 aliphatic heterocycles. The Labute approximate surface area is 105 Å². The molecule has 0 aliphatic carbocycles. The van der Waals surface area contributed by atoms with Crippen molar-refractivity contribution in [3.63, 3.8) is 0 Å². The number of aryl methyl sites for hydroxylation is 1. The topological polar surface area (TPSA) is 55.3 Å². The molecule has 1 fully saturated rings. The van der Waals surface area contributed by atoms with Gasteiger partial charge in [0.15, 0.2) is 5.16 Å². The molecule has 92 valence electrons. The number of ether oxygens (including phenoxy) is 1. The monoisotopic (exact) mass is 253 g/mol. The number of hydrogen-bond donors (Lipinski definition) is 0. The lowest BCUT2D eigenvalue weighted by Crippen LogP contribution is -2.41. The first-order chi connectivity index (χ1) is 8.20. The predicted molar refractivity (Wildman–Crippen MR) is 65.3 cm³/mol. The summed E-state index contributed by atoms with van der Waals surface area (Å²) in [5, 5.41) is 0.640. The van der Waals surface area contributed by atoms with E-state index in [1.165, 1.54) is 11.8 Å². The highest BCUT2D eigenvalue weighted by Gasteiger charge is 2.20. The van der Waals surface area contributed by atoms with Crippen molar-refractivity contribution in [3.05, 3.63) is 17.5 Å². The molecule has 0 unspecified atom stereocenters. The first-order valence-electron chi connectivity index (χ1n) is 5.47. The van der Waals surface area contributed by atoms with Gasteiger partial charge in [-0.25, -0.2) is 9.97 Å². The molecule has 0 bridgehead atoms. The molecule has 2 rings (SSSR count). The van der Waals surface area contributed by atoms with Crippen LogP contribution in [-0.2, 0) is 4.74 Å². The Balaban J connectivity index is 2.20. The van der Waals surface area contributed by atoms with Gasteiger partial charge in [-0.3, -0.25) is 4.79 Å². The summed E-state index contributed by atoms with van der Waals surface area (Å²) in [7, 11) is 0. The lowest BCUT2D eigenvalue weighted by atomic mass is 10.3. The van der Waals surface area contributed by atoms with Crippen LogP contribution >= 0.6 is 11.8 Å². The van der Waals surface area contributed by atoms with Gasteiger partial charge in [-0.2, -0.15) is 0 Å². The third-order valence-corrected chi connectivity index (χ3v) is 3.08. The van der Waals surface area contributed by atoms with Crippen LogP contribution in [-0.4, -0.2) is 53.3 Å². The number of carbonyl (C=O) groups excluding carboxylic acids is 1. The Kier molecular flexibility index (Phi) is 3.96. The van der Waals surface area contributed by atoms with Crippen LogP contribution in [0.4, 0.5) is 0 Å². The molecule has 0 spiro atoms. The fourth-order valence-corrected chi connectivity index (χ4v) is 2.10. The van der Waals surface area contributed by atoms with E-state index in [9.17, 15) is 4.79 Å². The minimum Gasteiger partial charge on any atom is -0.378 e. The molecule has 17 heavy (non-hydrogen) atoms.